The molecule has 2 unspecified atom stereocenters. The SMILES string of the molecule is CN1CCC(OC(C(=O)O)(c2ccccc2)C2CCCC2)C1. The maximum absolute atomic E-state index is 12.3. The normalized spacial score (nSPS) is 26.1. The zero-order valence-electron chi connectivity index (χ0n) is 13.2. The van der Waals surface area contributed by atoms with Crippen molar-refractivity contribution in [1.82, 2.24) is 4.90 Å². The summed E-state index contributed by atoms with van der Waals surface area (Å²) >= 11 is 0. The third-order valence-electron chi connectivity index (χ3n) is 5.15. The summed E-state index contributed by atoms with van der Waals surface area (Å²) in [6.07, 6.45) is 4.97. The van der Waals surface area contributed by atoms with E-state index in [2.05, 4.69) is 11.9 Å². The molecule has 0 bridgehead atoms. The highest BCUT2D eigenvalue weighted by Gasteiger charge is 2.51. The number of likely N-dealkylation sites (tertiary alicyclic amines) is 1. The van der Waals surface area contributed by atoms with Gasteiger partial charge in [-0.05, 0) is 31.9 Å². The van der Waals surface area contributed by atoms with E-state index < -0.39 is 11.6 Å². The Bertz CT molecular complexity index is 512. The van der Waals surface area contributed by atoms with Gasteiger partial charge in [0.05, 0.1) is 6.10 Å². The summed E-state index contributed by atoms with van der Waals surface area (Å²) in [5, 5.41) is 10.1. The van der Waals surface area contributed by atoms with Gasteiger partial charge in [0.25, 0.3) is 0 Å². The third kappa shape index (κ3) is 2.77. The monoisotopic (exact) mass is 303 g/mol. The van der Waals surface area contributed by atoms with Gasteiger partial charge < -0.3 is 14.7 Å². The number of rotatable bonds is 5. The van der Waals surface area contributed by atoms with Gasteiger partial charge in [0.1, 0.15) is 0 Å². The number of carboxylic acids is 1. The van der Waals surface area contributed by atoms with E-state index in [1.165, 1.54) is 0 Å². The molecular formula is C18H25NO3. The molecule has 3 rings (SSSR count). The number of benzene rings is 1. The maximum atomic E-state index is 12.3. The molecule has 0 radical (unpaired) electrons. The molecule has 0 amide bonds. The average Bonchev–Trinajstić information content (AvgIpc) is 3.17. The zero-order chi connectivity index (χ0) is 15.6. The molecule has 0 spiro atoms. The van der Waals surface area contributed by atoms with E-state index in [9.17, 15) is 9.90 Å². The molecule has 1 N–H and O–H groups in total. The summed E-state index contributed by atoms with van der Waals surface area (Å²) in [6.45, 7) is 1.79. The second-order valence-electron chi connectivity index (χ2n) is 6.68. The lowest BCUT2D eigenvalue weighted by Crippen LogP contribution is -2.47. The lowest BCUT2D eigenvalue weighted by molar-refractivity contribution is -0.187. The summed E-state index contributed by atoms with van der Waals surface area (Å²) in [6, 6.07) is 9.56. The highest BCUT2D eigenvalue weighted by atomic mass is 16.5. The molecule has 0 aromatic heterocycles. The predicted octanol–water partition coefficient (Wildman–Crippen LogP) is 2.88. The molecule has 1 saturated heterocycles. The van der Waals surface area contributed by atoms with Gasteiger partial charge in [0.15, 0.2) is 5.60 Å². The van der Waals surface area contributed by atoms with Crippen LogP contribution in [0, 0.1) is 5.92 Å². The summed E-state index contributed by atoms with van der Waals surface area (Å²) in [7, 11) is 2.06. The summed E-state index contributed by atoms with van der Waals surface area (Å²) in [4.78, 5) is 14.5. The summed E-state index contributed by atoms with van der Waals surface area (Å²) in [5.41, 5.74) is -0.392. The fraction of sp³-hybridized carbons (Fsp3) is 0.611. The molecule has 1 aliphatic carbocycles. The Morgan fingerprint density at radius 3 is 2.45 bits per heavy atom. The van der Waals surface area contributed by atoms with E-state index in [0.29, 0.717) is 0 Å². The molecule has 1 saturated carbocycles. The van der Waals surface area contributed by atoms with Crippen LogP contribution in [0.25, 0.3) is 0 Å². The first-order valence-corrected chi connectivity index (χ1v) is 8.28. The largest absolute Gasteiger partial charge is 0.479 e. The van der Waals surface area contributed by atoms with E-state index in [1.807, 2.05) is 30.3 Å². The molecule has 22 heavy (non-hydrogen) atoms. The molecule has 4 heteroatoms. The minimum atomic E-state index is -1.19. The van der Waals surface area contributed by atoms with Crippen LogP contribution in [0.2, 0.25) is 0 Å². The quantitative estimate of drug-likeness (QED) is 0.908. The smallest absolute Gasteiger partial charge is 0.340 e. The van der Waals surface area contributed by atoms with Gasteiger partial charge in [0.2, 0.25) is 0 Å². The van der Waals surface area contributed by atoms with Crippen LogP contribution in [-0.4, -0.2) is 42.2 Å². The van der Waals surface area contributed by atoms with Gasteiger partial charge in [-0.15, -0.1) is 0 Å². The number of hydrogen-bond donors (Lipinski definition) is 1. The Balaban J connectivity index is 1.97. The number of hydrogen-bond acceptors (Lipinski definition) is 3. The van der Waals surface area contributed by atoms with Crippen molar-refractivity contribution in [3.8, 4) is 0 Å². The second kappa shape index (κ2) is 6.39. The van der Waals surface area contributed by atoms with Crippen LogP contribution in [-0.2, 0) is 15.1 Å². The topological polar surface area (TPSA) is 49.8 Å². The van der Waals surface area contributed by atoms with Gasteiger partial charge in [0, 0.05) is 19.0 Å². The number of ether oxygens (including phenoxy) is 1. The van der Waals surface area contributed by atoms with Crippen molar-refractivity contribution in [2.45, 2.75) is 43.8 Å². The molecule has 2 fully saturated rings. The molecular weight excluding hydrogens is 278 g/mol. The van der Waals surface area contributed by atoms with Gasteiger partial charge in [-0.25, -0.2) is 4.79 Å². The Labute approximate surface area is 132 Å². The second-order valence-corrected chi connectivity index (χ2v) is 6.68. The number of likely N-dealkylation sites (N-methyl/N-ethyl adjacent to an activating group) is 1. The van der Waals surface area contributed by atoms with Crippen LogP contribution < -0.4 is 0 Å². The van der Waals surface area contributed by atoms with E-state index in [1.54, 1.807) is 0 Å². The van der Waals surface area contributed by atoms with Crippen LogP contribution in [0.15, 0.2) is 30.3 Å². The maximum Gasteiger partial charge on any atom is 0.340 e. The zero-order valence-corrected chi connectivity index (χ0v) is 13.2. The van der Waals surface area contributed by atoms with Gasteiger partial charge in [-0.2, -0.15) is 0 Å². The van der Waals surface area contributed by atoms with Crippen molar-refractivity contribution < 1.29 is 14.6 Å². The molecule has 2 aliphatic rings. The average molecular weight is 303 g/mol. The fourth-order valence-electron chi connectivity index (χ4n) is 4.02. The number of carbonyl (C=O) groups is 1. The first-order chi connectivity index (χ1) is 10.6. The van der Waals surface area contributed by atoms with Gasteiger partial charge in [-0.3, -0.25) is 0 Å². The minimum absolute atomic E-state index is 0.00176. The standard InChI is InChI=1S/C18H25NO3/c1-19-12-11-16(13-19)22-18(17(20)21,15-9-5-6-10-15)14-7-3-2-4-8-14/h2-4,7-8,15-16H,5-6,9-13H2,1H3,(H,20,21). The number of aliphatic carboxylic acids is 1. The summed E-state index contributed by atoms with van der Waals surface area (Å²) < 4.78 is 6.36. The van der Waals surface area contributed by atoms with Crippen LogP contribution in [0.5, 0.6) is 0 Å². The van der Waals surface area contributed by atoms with Crippen molar-refractivity contribution in [1.29, 1.82) is 0 Å². The van der Waals surface area contributed by atoms with Crippen molar-refractivity contribution in [2.24, 2.45) is 5.92 Å². The van der Waals surface area contributed by atoms with Crippen molar-refractivity contribution in [3.63, 3.8) is 0 Å². The molecule has 2 atom stereocenters. The Kier molecular flexibility index (Phi) is 4.50. The van der Waals surface area contributed by atoms with Crippen LogP contribution >= 0.6 is 0 Å². The lowest BCUT2D eigenvalue weighted by atomic mass is 9.79. The van der Waals surface area contributed by atoms with E-state index >= 15 is 0 Å². The summed E-state index contributed by atoms with van der Waals surface area (Å²) in [5.74, 6) is -0.765. The van der Waals surface area contributed by atoms with Gasteiger partial charge in [-0.1, -0.05) is 43.2 Å². The Hall–Kier alpha value is -1.39. The molecule has 1 aromatic rings. The van der Waals surface area contributed by atoms with E-state index in [0.717, 1.165) is 50.8 Å². The van der Waals surface area contributed by atoms with Crippen LogP contribution in [0.4, 0.5) is 0 Å². The number of nitrogens with zero attached hydrogens (tertiary/aromatic N) is 1. The highest BCUT2D eigenvalue weighted by Crippen LogP contribution is 2.45. The minimum Gasteiger partial charge on any atom is -0.479 e. The van der Waals surface area contributed by atoms with Crippen molar-refractivity contribution in [2.75, 3.05) is 20.1 Å². The fourth-order valence-corrected chi connectivity index (χ4v) is 4.02. The lowest BCUT2D eigenvalue weighted by Gasteiger charge is -2.38. The highest BCUT2D eigenvalue weighted by molar-refractivity contribution is 5.80. The first-order valence-electron chi connectivity index (χ1n) is 8.28. The third-order valence-corrected chi connectivity index (χ3v) is 5.15. The molecule has 1 aromatic carbocycles. The first kappa shape index (κ1) is 15.5. The van der Waals surface area contributed by atoms with Gasteiger partial charge >= 0.3 is 5.97 Å². The molecule has 4 nitrogen and oxygen atoms in total. The number of carboxylic acid groups (broad SMARTS) is 1. The van der Waals surface area contributed by atoms with E-state index in [4.69, 9.17) is 4.74 Å². The predicted molar refractivity (Wildman–Crippen MR) is 84.7 cm³/mol. The molecule has 1 heterocycles. The van der Waals surface area contributed by atoms with Crippen LogP contribution in [0.3, 0.4) is 0 Å². The molecule has 1 aliphatic heterocycles. The van der Waals surface area contributed by atoms with Crippen molar-refractivity contribution in [3.05, 3.63) is 35.9 Å². The van der Waals surface area contributed by atoms with E-state index in [-0.39, 0.29) is 12.0 Å². The Morgan fingerprint density at radius 2 is 1.91 bits per heavy atom. The molecule has 120 valence electrons. The van der Waals surface area contributed by atoms with Crippen molar-refractivity contribution >= 4 is 5.97 Å². The Morgan fingerprint density at radius 1 is 1.23 bits per heavy atom. The van der Waals surface area contributed by atoms with Crippen LogP contribution in [0.1, 0.15) is 37.7 Å².